The largest absolute Gasteiger partial charge is 0.370 e. The lowest BCUT2D eigenvalue weighted by Crippen LogP contribution is -2.40. The van der Waals surface area contributed by atoms with E-state index in [-0.39, 0.29) is 0 Å². The van der Waals surface area contributed by atoms with Crippen LogP contribution in [0.25, 0.3) is 0 Å². The molecule has 20 heavy (non-hydrogen) atoms. The van der Waals surface area contributed by atoms with Crippen LogP contribution in [0.4, 0.5) is 0 Å². The van der Waals surface area contributed by atoms with Crippen LogP contribution in [0, 0.1) is 5.92 Å². The molecule has 2 N–H and O–H groups in total. The van der Waals surface area contributed by atoms with E-state index in [2.05, 4.69) is 30.9 Å². The highest BCUT2D eigenvalue weighted by Crippen LogP contribution is 2.38. The molecule has 0 aromatic carbocycles. The highest BCUT2D eigenvalue weighted by molar-refractivity contribution is 5.08. The second kappa shape index (κ2) is 5.82. The minimum Gasteiger partial charge on any atom is -0.370 e. The van der Waals surface area contributed by atoms with Crippen molar-refractivity contribution in [1.29, 1.82) is 0 Å². The Bertz CT molecular complexity index is 424. The molecule has 0 amide bonds. The third-order valence-corrected chi connectivity index (χ3v) is 4.96. The number of methoxy groups -OCH3 is 1. The minimum atomic E-state index is -0.460. The molecule has 0 saturated heterocycles. The van der Waals surface area contributed by atoms with Crippen LogP contribution in [0.15, 0.2) is 4.52 Å². The lowest BCUT2D eigenvalue weighted by molar-refractivity contribution is -0.0306. The zero-order valence-electron chi connectivity index (χ0n) is 13.1. The maximum absolute atomic E-state index is 6.49. The molecule has 1 fully saturated rings. The Hall–Kier alpha value is -0.940. The number of hydrogen-bond donors (Lipinski definition) is 1. The number of hydrogen-bond acceptors (Lipinski definition) is 5. The third-order valence-electron chi connectivity index (χ3n) is 4.96. The van der Waals surface area contributed by atoms with Crippen molar-refractivity contribution in [2.24, 2.45) is 11.7 Å². The number of nitrogens with zero attached hydrogens (tertiary/aromatic N) is 2. The van der Waals surface area contributed by atoms with Crippen molar-refractivity contribution in [2.75, 3.05) is 7.11 Å². The van der Waals surface area contributed by atoms with E-state index >= 15 is 0 Å². The summed E-state index contributed by atoms with van der Waals surface area (Å²) in [6, 6.07) is 0. The van der Waals surface area contributed by atoms with Gasteiger partial charge in [-0.2, -0.15) is 4.98 Å². The molecule has 1 aromatic heterocycles. The molecule has 5 nitrogen and oxygen atoms in total. The molecule has 0 spiro atoms. The normalized spacial score (nSPS) is 27.8. The molecule has 5 heteroatoms. The van der Waals surface area contributed by atoms with Crippen LogP contribution >= 0.6 is 0 Å². The highest BCUT2D eigenvalue weighted by Gasteiger charge is 2.40. The molecule has 0 atom stereocenters. The van der Waals surface area contributed by atoms with Crippen LogP contribution in [0.3, 0.4) is 0 Å². The predicted molar refractivity (Wildman–Crippen MR) is 77.1 cm³/mol. The number of ether oxygens (including phenoxy) is 1. The standard InChI is InChI=1S/C15H27N3O2/c1-5-15(6-2,19-4)12-17-13(20-18-12)14(16)9-7-11(3)8-10-14/h11H,5-10,16H2,1-4H3. The maximum atomic E-state index is 6.49. The summed E-state index contributed by atoms with van der Waals surface area (Å²) in [5.74, 6) is 1.93. The summed E-state index contributed by atoms with van der Waals surface area (Å²) in [6.07, 6.45) is 5.68. The summed E-state index contributed by atoms with van der Waals surface area (Å²) in [4.78, 5) is 4.59. The van der Waals surface area contributed by atoms with Crippen molar-refractivity contribution in [2.45, 2.75) is 70.4 Å². The minimum absolute atomic E-state index is 0.458. The summed E-state index contributed by atoms with van der Waals surface area (Å²) in [5.41, 5.74) is 5.57. The SMILES string of the molecule is CCC(CC)(OC)c1noc(C2(N)CCC(C)CC2)n1. The van der Waals surface area contributed by atoms with Crippen LogP contribution < -0.4 is 5.73 Å². The van der Waals surface area contributed by atoms with E-state index in [1.54, 1.807) is 7.11 Å². The summed E-state index contributed by atoms with van der Waals surface area (Å²) in [7, 11) is 1.70. The topological polar surface area (TPSA) is 74.2 Å². The van der Waals surface area contributed by atoms with Gasteiger partial charge in [-0.25, -0.2) is 0 Å². The van der Waals surface area contributed by atoms with E-state index < -0.39 is 11.1 Å². The maximum Gasteiger partial charge on any atom is 0.246 e. The van der Waals surface area contributed by atoms with Crippen molar-refractivity contribution >= 4 is 0 Å². The van der Waals surface area contributed by atoms with E-state index in [4.69, 9.17) is 15.0 Å². The van der Waals surface area contributed by atoms with Gasteiger partial charge < -0.3 is 15.0 Å². The van der Waals surface area contributed by atoms with Gasteiger partial charge >= 0.3 is 0 Å². The Morgan fingerprint density at radius 1 is 1.35 bits per heavy atom. The lowest BCUT2D eigenvalue weighted by atomic mass is 9.78. The van der Waals surface area contributed by atoms with E-state index in [9.17, 15) is 0 Å². The first-order valence-corrected chi connectivity index (χ1v) is 7.68. The second-order valence-corrected chi connectivity index (χ2v) is 6.17. The van der Waals surface area contributed by atoms with E-state index in [0.717, 1.165) is 44.4 Å². The van der Waals surface area contributed by atoms with Crippen LogP contribution in [-0.2, 0) is 15.9 Å². The first kappa shape index (κ1) is 15.4. The number of nitrogens with two attached hydrogens (primary N) is 1. The molecule has 1 aromatic rings. The van der Waals surface area contributed by atoms with Crippen molar-refractivity contribution < 1.29 is 9.26 Å². The average molecular weight is 281 g/mol. The zero-order valence-corrected chi connectivity index (χ0v) is 13.1. The summed E-state index contributed by atoms with van der Waals surface area (Å²) < 4.78 is 11.1. The van der Waals surface area contributed by atoms with Crippen molar-refractivity contribution in [3.8, 4) is 0 Å². The molecule has 1 aliphatic carbocycles. The monoisotopic (exact) mass is 281 g/mol. The van der Waals surface area contributed by atoms with E-state index in [1.807, 2.05) is 0 Å². The first-order valence-electron chi connectivity index (χ1n) is 7.68. The summed E-state index contributed by atoms with van der Waals surface area (Å²) in [5, 5.41) is 4.15. The Kier molecular flexibility index (Phi) is 4.49. The fourth-order valence-electron chi connectivity index (χ4n) is 3.05. The van der Waals surface area contributed by atoms with Gasteiger partial charge in [-0.05, 0) is 44.4 Å². The fourth-order valence-corrected chi connectivity index (χ4v) is 3.05. The van der Waals surface area contributed by atoms with Gasteiger partial charge in [0.1, 0.15) is 5.60 Å². The molecule has 1 saturated carbocycles. The molecule has 1 heterocycles. The van der Waals surface area contributed by atoms with Crippen LogP contribution in [0.2, 0.25) is 0 Å². The van der Waals surface area contributed by atoms with Gasteiger partial charge in [0.05, 0.1) is 5.54 Å². The zero-order chi connectivity index (χ0) is 14.8. The number of aromatic nitrogens is 2. The van der Waals surface area contributed by atoms with Crippen molar-refractivity contribution in [1.82, 2.24) is 10.1 Å². The molecular weight excluding hydrogens is 254 g/mol. The van der Waals surface area contributed by atoms with Gasteiger partial charge in [-0.15, -0.1) is 0 Å². The quantitative estimate of drug-likeness (QED) is 0.897. The molecule has 0 bridgehead atoms. The highest BCUT2D eigenvalue weighted by atomic mass is 16.5. The Balaban J connectivity index is 2.24. The fraction of sp³-hybridized carbons (Fsp3) is 0.867. The van der Waals surface area contributed by atoms with Gasteiger partial charge in [0, 0.05) is 7.11 Å². The molecule has 0 aliphatic heterocycles. The van der Waals surface area contributed by atoms with Gasteiger partial charge in [0.2, 0.25) is 11.7 Å². The van der Waals surface area contributed by atoms with Crippen molar-refractivity contribution in [3.05, 3.63) is 11.7 Å². The van der Waals surface area contributed by atoms with E-state index in [1.165, 1.54) is 0 Å². The van der Waals surface area contributed by atoms with Crippen LogP contribution in [0.1, 0.15) is 71.0 Å². The molecule has 0 radical (unpaired) electrons. The smallest absolute Gasteiger partial charge is 0.246 e. The Morgan fingerprint density at radius 3 is 2.45 bits per heavy atom. The van der Waals surface area contributed by atoms with E-state index in [0.29, 0.717) is 11.7 Å². The summed E-state index contributed by atoms with van der Waals surface area (Å²) >= 11 is 0. The van der Waals surface area contributed by atoms with Gasteiger partial charge in [-0.3, -0.25) is 0 Å². The molecule has 0 unspecified atom stereocenters. The second-order valence-electron chi connectivity index (χ2n) is 6.17. The molecular formula is C15H27N3O2. The van der Waals surface area contributed by atoms with Crippen LogP contribution in [0.5, 0.6) is 0 Å². The van der Waals surface area contributed by atoms with Gasteiger partial charge in [0.25, 0.3) is 0 Å². The Morgan fingerprint density at radius 2 is 1.95 bits per heavy atom. The molecule has 114 valence electrons. The van der Waals surface area contributed by atoms with Gasteiger partial charge in [0.15, 0.2) is 0 Å². The third kappa shape index (κ3) is 2.61. The lowest BCUT2D eigenvalue weighted by Gasteiger charge is -2.32. The molecule has 2 rings (SSSR count). The van der Waals surface area contributed by atoms with Gasteiger partial charge in [-0.1, -0.05) is 25.9 Å². The predicted octanol–water partition coefficient (Wildman–Crippen LogP) is 3.10. The number of rotatable bonds is 5. The molecule has 1 aliphatic rings. The summed E-state index contributed by atoms with van der Waals surface area (Å²) in [6.45, 7) is 6.41. The first-order chi connectivity index (χ1) is 9.49. The average Bonchev–Trinajstić information content (AvgIpc) is 2.96. The van der Waals surface area contributed by atoms with Crippen molar-refractivity contribution in [3.63, 3.8) is 0 Å². The Labute approximate surface area is 121 Å². The van der Waals surface area contributed by atoms with Crippen LogP contribution in [-0.4, -0.2) is 17.3 Å².